The molecule has 5 nitrogen and oxygen atoms in total. The third-order valence-corrected chi connectivity index (χ3v) is 2.96. The Kier molecular flexibility index (Phi) is 3.72. The Balaban J connectivity index is 1.93. The number of benzene rings is 1. The number of amides is 1. The topological polar surface area (TPSA) is 70.7 Å². The number of carbonyl (C=O) groups is 1. The molecule has 0 fully saturated rings. The van der Waals surface area contributed by atoms with Gasteiger partial charge in [0.15, 0.2) is 0 Å². The number of carbonyl (C=O) groups excluding carboxylic acids is 1. The molecule has 1 aromatic heterocycles. The highest BCUT2D eigenvalue weighted by atomic mass is 16.1. The second kappa shape index (κ2) is 5.44. The average molecular weight is 244 g/mol. The summed E-state index contributed by atoms with van der Waals surface area (Å²) in [6.07, 6.45) is 2.11. The zero-order valence-corrected chi connectivity index (χ0v) is 10.5. The molecule has 0 aliphatic heterocycles. The Morgan fingerprint density at radius 1 is 1.39 bits per heavy atom. The van der Waals surface area contributed by atoms with E-state index in [1.54, 1.807) is 0 Å². The van der Waals surface area contributed by atoms with E-state index in [0.717, 1.165) is 22.5 Å². The van der Waals surface area contributed by atoms with Crippen LogP contribution in [0, 0.1) is 13.8 Å². The average Bonchev–Trinajstić information content (AvgIpc) is 2.85. The Hall–Kier alpha value is -2.17. The summed E-state index contributed by atoms with van der Waals surface area (Å²) in [5.74, 6) is 0.729. The van der Waals surface area contributed by atoms with Crippen LogP contribution in [-0.4, -0.2) is 27.6 Å². The van der Waals surface area contributed by atoms with Crippen LogP contribution < -0.4 is 5.32 Å². The van der Waals surface area contributed by atoms with Crippen molar-refractivity contribution in [3.63, 3.8) is 0 Å². The zero-order valence-electron chi connectivity index (χ0n) is 10.5. The number of hydrogen-bond donors (Lipinski definition) is 2. The fourth-order valence-corrected chi connectivity index (χ4v) is 1.74. The summed E-state index contributed by atoms with van der Waals surface area (Å²) in [7, 11) is 0. The maximum Gasteiger partial charge on any atom is 0.251 e. The maximum absolute atomic E-state index is 12.0. The number of nitrogens with zero attached hydrogens (tertiary/aromatic N) is 2. The molecule has 0 bridgehead atoms. The molecule has 2 N–H and O–H groups in total. The minimum Gasteiger partial charge on any atom is -0.352 e. The first-order chi connectivity index (χ1) is 8.68. The first-order valence-electron chi connectivity index (χ1n) is 5.87. The third-order valence-electron chi connectivity index (χ3n) is 2.96. The highest BCUT2D eigenvalue weighted by Crippen LogP contribution is 2.12. The van der Waals surface area contributed by atoms with Gasteiger partial charge in [-0.1, -0.05) is 12.1 Å². The van der Waals surface area contributed by atoms with Crippen molar-refractivity contribution in [2.45, 2.75) is 20.3 Å². The summed E-state index contributed by atoms with van der Waals surface area (Å²) in [6.45, 7) is 4.50. The van der Waals surface area contributed by atoms with E-state index in [9.17, 15) is 4.79 Å². The summed E-state index contributed by atoms with van der Waals surface area (Å²) in [4.78, 5) is 16.0. The van der Waals surface area contributed by atoms with Crippen LogP contribution in [0.15, 0.2) is 24.5 Å². The van der Waals surface area contributed by atoms with Crippen molar-refractivity contribution in [3.8, 4) is 0 Å². The van der Waals surface area contributed by atoms with Gasteiger partial charge in [-0.05, 0) is 31.0 Å². The molecule has 1 amide bonds. The minimum atomic E-state index is -0.0456. The van der Waals surface area contributed by atoms with E-state index in [1.807, 2.05) is 32.0 Å². The molecule has 0 aliphatic carbocycles. The molecule has 2 rings (SSSR count). The summed E-state index contributed by atoms with van der Waals surface area (Å²) in [5.41, 5.74) is 2.88. The molecule has 0 radical (unpaired) electrons. The van der Waals surface area contributed by atoms with Crippen LogP contribution in [0.4, 0.5) is 0 Å². The normalized spacial score (nSPS) is 10.3. The summed E-state index contributed by atoms with van der Waals surface area (Å²) in [6, 6.07) is 5.74. The van der Waals surface area contributed by atoms with Crippen molar-refractivity contribution in [2.24, 2.45) is 0 Å². The Morgan fingerprint density at radius 3 is 2.94 bits per heavy atom. The third kappa shape index (κ3) is 2.74. The van der Waals surface area contributed by atoms with Gasteiger partial charge in [-0.3, -0.25) is 9.89 Å². The fourth-order valence-electron chi connectivity index (χ4n) is 1.74. The maximum atomic E-state index is 12.0. The number of H-pyrrole nitrogens is 1. The second-order valence-corrected chi connectivity index (χ2v) is 4.19. The highest BCUT2D eigenvalue weighted by molar-refractivity contribution is 5.95. The number of rotatable bonds is 4. The highest BCUT2D eigenvalue weighted by Gasteiger charge is 2.09. The quantitative estimate of drug-likeness (QED) is 0.854. The molecular weight excluding hydrogens is 228 g/mol. The Bertz CT molecular complexity index is 534. The van der Waals surface area contributed by atoms with Crippen molar-refractivity contribution in [1.82, 2.24) is 20.5 Å². The van der Waals surface area contributed by atoms with E-state index in [4.69, 9.17) is 0 Å². The smallest absolute Gasteiger partial charge is 0.251 e. The van der Waals surface area contributed by atoms with E-state index in [1.165, 1.54) is 6.33 Å². The SMILES string of the molecule is Cc1cccc(C(=O)NCCc2ncn[nH]2)c1C. The molecule has 0 saturated heterocycles. The van der Waals surface area contributed by atoms with Gasteiger partial charge in [0.1, 0.15) is 12.2 Å². The minimum absolute atomic E-state index is 0.0456. The van der Waals surface area contributed by atoms with E-state index < -0.39 is 0 Å². The van der Waals surface area contributed by atoms with Gasteiger partial charge < -0.3 is 5.32 Å². The van der Waals surface area contributed by atoms with Gasteiger partial charge in [-0.2, -0.15) is 5.10 Å². The fraction of sp³-hybridized carbons (Fsp3) is 0.308. The molecule has 1 heterocycles. The number of aromatic amines is 1. The number of aromatic nitrogens is 3. The predicted octanol–water partition coefficient (Wildman–Crippen LogP) is 1.39. The van der Waals surface area contributed by atoms with Crippen molar-refractivity contribution in [2.75, 3.05) is 6.54 Å². The van der Waals surface area contributed by atoms with E-state index in [2.05, 4.69) is 20.5 Å². The molecule has 1 aromatic carbocycles. The lowest BCUT2D eigenvalue weighted by molar-refractivity contribution is 0.0953. The van der Waals surface area contributed by atoms with Crippen LogP contribution in [0.25, 0.3) is 0 Å². The first-order valence-corrected chi connectivity index (χ1v) is 5.87. The van der Waals surface area contributed by atoms with Crippen molar-refractivity contribution in [3.05, 3.63) is 47.0 Å². The van der Waals surface area contributed by atoms with Crippen LogP contribution in [0.3, 0.4) is 0 Å². The number of nitrogens with one attached hydrogen (secondary N) is 2. The number of hydrogen-bond acceptors (Lipinski definition) is 3. The van der Waals surface area contributed by atoms with Gasteiger partial charge in [-0.25, -0.2) is 4.98 Å². The molecule has 2 aromatic rings. The molecule has 5 heteroatoms. The molecule has 0 unspecified atom stereocenters. The van der Waals surface area contributed by atoms with Gasteiger partial charge in [0, 0.05) is 18.5 Å². The molecule has 18 heavy (non-hydrogen) atoms. The van der Waals surface area contributed by atoms with Crippen molar-refractivity contribution >= 4 is 5.91 Å². The standard InChI is InChI=1S/C13H16N4O/c1-9-4-3-5-11(10(9)2)13(18)14-7-6-12-15-8-16-17-12/h3-5,8H,6-7H2,1-2H3,(H,14,18)(H,15,16,17). The summed E-state index contributed by atoms with van der Waals surface area (Å²) < 4.78 is 0. The van der Waals surface area contributed by atoms with E-state index >= 15 is 0 Å². The van der Waals surface area contributed by atoms with Crippen LogP contribution in [0.5, 0.6) is 0 Å². The molecule has 0 spiro atoms. The molecule has 94 valence electrons. The Morgan fingerprint density at radius 2 is 2.22 bits per heavy atom. The van der Waals surface area contributed by atoms with Gasteiger partial charge in [0.2, 0.25) is 0 Å². The Labute approximate surface area is 106 Å². The van der Waals surface area contributed by atoms with Gasteiger partial charge in [-0.15, -0.1) is 0 Å². The second-order valence-electron chi connectivity index (χ2n) is 4.19. The lowest BCUT2D eigenvalue weighted by Crippen LogP contribution is -2.26. The zero-order chi connectivity index (χ0) is 13.0. The van der Waals surface area contributed by atoms with E-state index in [-0.39, 0.29) is 5.91 Å². The molecule has 0 aliphatic rings. The van der Waals surface area contributed by atoms with Crippen molar-refractivity contribution < 1.29 is 4.79 Å². The summed E-state index contributed by atoms with van der Waals surface area (Å²) in [5, 5.41) is 9.39. The number of aryl methyl sites for hydroxylation is 1. The van der Waals surface area contributed by atoms with Crippen LogP contribution in [0.2, 0.25) is 0 Å². The van der Waals surface area contributed by atoms with Crippen LogP contribution in [-0.2, 0) is 6.42 Å². The molecule has 0 atom stereocenters. The van der Waals surface area contributed by atoms with Gasteiger partial charge in [0.05, 0.1) is 0 Å². The first kappa shape index (κ1) is 12.3. The van der Waals surface area contributed by atoms with Crippen molar-refractivity contribution in [1.29, 1.82) is 0 Å². The molecular formula is C13H16N4O. The monoisotopic (exact) mass is 244 g/mol. The van der Waals surface area contributed by atoms with Crippen LogP contribution >= 0.6 is 0 Å². The predicted molar refractivity (Wildman–Crippen MR) is 68.3 cm³/mol. The van der Waals surface area contributed by atoms with Gasteiger partial charge in [0.25, 0.3) is 5.91 Å². The van der Waals surface area contributed by atoms with Gasteiger partial charge >= 0.3 is 0 Å². The summed E-state index contributed by atoms with van der Waals surface area (Å²) >= 11 is 0. The lowest BCUT2D eigenvalue weighted by Gasteiger charge is -2.08. The van der Waals surface area contributed by atoms with E-state index in [0.29, 0.717) is 13.0 Å². The molecule has 0 saturated carbocycles. The largest absolute Gasteiger partial charge is 0.352 e. The van der Waals surface area contributed by atoms with Crippen LogP contribution in [0.1, 0.15) is 27.3 Å². The lowest BCUT2D eigenvalue weighted by atomic mass is 10.0.